The fourth-order valence-electron chi connectivity index (χ4n) is 1.02. The van der Waals surface area contributed by atoms with Gasteiger partial charge in [0.25, 0.3) is 5.91 Å². The summed E-state index contributed by atoms with van der Waals surface area (Å²) in [6.07, 6.45) is 0. The van der Waals surface area contributed by atoms with Crippen LogP contribution in [0.15, 0.2) is 18.2 Å². The molecule has 0 spiro atoms. The summed E-state index contributed by atoms with van der Waals surface area (Å²) in [5.41, 5.74) is 8.70. The molecule has 1 aromatic rings. The largest absolute Gasteiger partial charge is 0.399 e. The zero-order valence-electron chi connectivity index (χ0n) is 6.95. The first-order valence-corrected chi connectivity index (χ1v) is 3.69. The lowest BCUT2D eigenvalue weighted by Gasteiger charge is -2.06. The third-order valence-electron chi connectivity index (χ3n) is 1.68. The molecule has 0 heterocycles. The van der Waals surface area contributed by atoms with Gasteiger partial charge in [-0.05, 0) is 17.7 Å². The number of rotatable bonds is 2. The highest BCUT2D eigenvalue weighted by Gasteiger charge is 2.09. The van der Waals surface area contributed by atoms with E-state index in [1.807, 2.05) is 5.43 Å². The minimum atomic E-state index is -0.462. The van der Waals surface area contributed by atoms with E-state index in [1.54, 1.807) is 12.1 Å². The first-order valence-electron chi connectivity index (χ1n) is 3.69. The number of nitrogen functional groups attached to an aromatic ring is 2. The molecule has 1 aromatic carbocycles. The standard InChI is InChI=1S/C8H11N3O2/c9-6-2-1-5(4-12)7(3-6)8(13)11-10/h1-3,12H,4,9-10H2,(H,11,13). The lowest BCUT2D eigenvalue weighted by Crippen LogP contribution is -2.30. The van der Waals surface area contributed by atoms with Gasteiger partial charge in [0.15, 0.2) is 0 Å². The van der Waals surface area contributed by atoms with Gasteiger partial charge in [-0.2, -0.15) is 0 Å². The van der Waals surface area contributed by atoms with Crippen LogP contribution in [0.3, 0.4) is 0 Å². The maximum Gasteiger partial charge on any atom is 0.265 e. The Kier molecular flexibility index (Phi) is 2.84. The van der Waals surface area contributed by atoms with Gasteiger partial charge in [0.1, 0.15) is 0 Å². The monoisotopic (exact) mass is 181 g/mol. The van der Waals surface area contributed by atoms with Gasteiger partial charge in [0.05, 0.1) is 6.61 Å². The summed E-state index contributed by atoms with van der Waals surface area (Å²) in [5.74, 6) is 4.49. The Hall–Kier alpha value is -1.59. The van der Waals surface area contributed by atoms with E-state index < -0.39 is 5.91 Å². The van der Waals surface area contributed by atoms with E-state index in [0.717, 1.165) is 0 Å². The van der Waals surface area contributed by atoms with Gasteiger partial charge < -0.3 is 10.8 Å². The molecule has 0 fully saturated rings. The number of benzene rings is 1. The molecule has 0 aromatic heterocycles. The number of aliphatic hydroxyl groups excluding tert-OH is 1. The van der Waals surface area contributed by atoms with Crippen LogP contribution in [0.1, 0.15) is 15.9 Å². The number of nitrogens with two attached hydrogens (primary N) is 2. The summed E-state index contributed by atoms with van der Waals surface area (Å²) >= 11 is 0. The van der Waals surface area contributed by atoms with Crippen molar-refractivity contribution in [2.45, 2.75) is 6.61 Å². The molecule has 0 saturated heterocycles. The Morgan fingerprint density at radius 2 is 2.23 bits per heavy atom. The van der Waals surface area contributed by atoms with E-state index in [4.69, 9.17) is 16.7 Å². The van der Waals surface area contributed by atoms with Crippen molar-refractivity contribution in [2.75, 3.05) is 5.73 Å². The SMILES string of the molecule is NNC(=O)c1cc(N)ccc1CO. The Morgan fingerprint density at radius 3 is 2.77 bits per heavy atom. The molecule has 0 bridgehead atoms. The van der Waals surface area contributed by atoms with Gasteiger partial charge in [-0.1, -0.05) is 6.07 Å². The van der Waals surface area contributed by atoms with Crippen molar-refractivity contribution in [3.05, 3.63) is 29.3 Å². The van der Waals surface area contributed by atoms with Crippen LogP contribution in [-0.4, -0.2) is 11.0 Å². The minimum absolute atomic E-state index is 0.219. The molecule has 70 valence electrons. The molecule has 0 radical (unpaired) electrons. The normalized spacial score (nSPS) is 9.69. The van der Waals surface area contributed by atoms with Crippen LogP contribution in [0.2, 0.25) is 0 Å². The van der Waals surface area contributed by atoms with Crippen molar-refractivity contribution in [1.82, 2.24) is 5.43 Å². The molecule has 6 N–H and O–H groups in total. The average molecular weight is 181 g/mol. The lowest BCUT2D eigenvalue weighted by molar-refractivity contribution is 0.0950. The molecule has 0 aliphatic heterocycles. The minimum Gasteiger partial charge on any atom is -0.399 e. The Balaban J connectivity index is 3.15. The molecule has 5 nitrogen and oxygen atoms in total. The maximum atomic E-state index is 11.1. The maximum absolute atomic E-state index is 11.1. The number of amides is 1. The van der Waals surface area contributed by atoms with E-state index in [-0.39, 0.29) is 6.61 Å². The molecule has 0 unspecified atom stereocenters. The molecular formula is C8H11N3O2. The molecule has 13 heavy (non-hydrogen) atoms. The highest BCUT2D eigenvalue weighted by molar-refractivity contribution is 5.96. The predicted molar refractivity (Wildman–Crippen MR) is 48.4 cm³/mol. The average Bonchev–Trinajstić information content (AvgIpc) is 2.16. The van der Waals surface area contributed by atoms with E-state index in [1.165, 1.54) is 6.07 Å². The fourth-order valence-corrected chi connectivity index (χ4v) is 1.02. The van der Waals surface area contributed by atoms with E-state index in [0.29, 0.717) is 16.8 Å². The number of anilines is 1. The van der Waals surface area contributed by atoms with Gasteiger partial charge in [-0.15, -0.1) is 0 Å². The zero-order valence-corrected chi connectivity index (χ0v) is 6.95. The number of nitrogens with one attached hydrogen (secondary N) is 1. The number of carbonyl (C=O) groups excluding carboxylic acids is 1. The van der Waals surface area contributed by atoms with E-state index >= 15 is 0 Å². The first-order chi connectivity index (χ1) is 6.19. The highest BCUT2D eigenvalue weighted by Crippen LogP contribution is 2.13. The Bertz CT molecular complexity index is 325. The van der Waals surface area contributed by atoms with Crippen LogP contribution in [0.5, 0.6) is 0 Å². The van der Waals surface area contributed by atoms with E-state index in [9.17, 15) is 4.79 Å². The van der Waals surface area contributed by atoms with Crippen molar-refractivity contribution in [3.63, 3.8) is 0 Å². The molecular weight excluding hydrogens is 170 g/mol. The molecule has 1 rings (SSSR count). The Morgan fingerprint density at radius 1 is 1.54 bits per heavy atom. The lowest BCUT2D eigenvalue weighted by atomic mass is 10.1. The van der Waals surface area contributed by atoms with Crippen LogP contribution in [0, 0.1) is 0 Å². The van der Waals surface area contributed by atoms with Crippen LogP contribution >= 0.6 is 0 Å². The molecule has 1 amide bonds. The second kappa shape index (κ2) is 3.88. The second-order valence-corrected chi connectivity index (χ2v) is 2.55. The van der Waals surface area contributed by atoms with Gasteiger partial charge in [-0.3, -0.25) is 10.2 Å². The molecule has 0 aliphatic carbocycles. The topological polar surface area (TPSA) is 101 Å². The van der Waals surface area contributed by atoms with Crippen molar-refractivity contribution >= 4 is 11.6 Å². The Labute approximate surface area is 75.3 Å². The summed E-state index contributed by atoms with van der Waals surface area (Å²) in [5, 5.41) is 8.89. The van der Waals surface area contributed by atoms with Crippen molar-refractivity contribution in [1.29, 1.82) is 0 Å². The van der Waals surface area contributed by atoms with Crippen molar-refractivity contribution < 1.29 is 9.90 Å². The number of aliphatic hydroxyl groups is 1. The molecule has 0 saturated carbocycles. The van der Waals surface area contributed by atoms with Crippen molar-refractivity contribution in [3.8, 4) is 0 Å². The number of hydrogen-bond donors (Lipinski definition) is 4. The summed E-state index contributed by atoms with van der Waals surface area (Å²) in [6.45, 7) is -0.219. The fraction of sp³-hybridized carbons (Fsp3) is 0.125. The van der Waals surface area contributed by atoms with Gasteiger partial charge >= 0.3 is 0 Å². The summed E-state index contributed by atoms with van der Waals surface area (Å²) in [7, 11) is 0. The third kappa shape index (κ3) is 1.95. The van der Waals surface area contributed by atoms with Gasteiger partial charge in [0, 0.05) is 11.3 Å². The first kappa shape index (κ1) is 9.50. The van der Waals surface area contributed by atoms with E-state index in [2.05, 4.69) is 0 Å². The number of hydrogen-bond acceptors (Lipinski definition) is 4. The van der Waals surface area contributed by atoms with Gasteiger partial charge in [-0.25, -0.2) is 5.84 Å². The molecule has 0 atom stereocenters. The molecule has 5 heteroatoms. The quantitative estimate of drug-likeness (QED) is 0.211. The number of hydrazine groups is 1. The summed E-state index contributed by atoms with van der Waals surface area (Å²) in [6, 6.07) is 4.66. The summed E-state index contributed by atoms with van der Waals surface area (Å²) in [4.78, 5) is 11.1. The molecule has 0 aliphatic rings. The zero-order chi connectivity index (χ0) is 9.84. The highest BCUT2D eigenvalue weighted by atomic mass is 16.3. The summed E-state index contributed by atoms with van der Waals surface area (Å²) < 4.78 is 0. The van der Waals surface area contributed by atoms with Gasteiger partial charge in [0.2, 0.25) is 0 Å². The number of carbonyl (C=O) groups is 1. The smallest absolute Gasteiger partial charge is 0.265 e. The van der Waals surface area contributed by atoms with Crippen LogP contribution in [-0.2, 0) is 6.61 Å². The van der Waals surface area contributed by atoms with Crippen LogP contribution < -0.4 is 17.0 Å². The second-order valence-electron chi connectivity index (χ2n) is 2.55. The third-order valence-corrected chi connectivity index (χ3v) is 1.68. The van der Waals surface area contributed by atoms with Crippen LogP contribution in [0.4, 0.5) is 5.69 Å². The van der Waals surface area contributed by atoms with Crippen LogP contribution in [0.25, 0.3) is 0 Å². The predicted octanol–water partition coefficient (Wildman–Crippen LogP) is -0.635. The van der Waals surface area contributed by atoms with Crippen molar-refractivity contribution in [2.24, 2.45) is 5.84 Å².